The fourth-order valence-corrected chi connectivity index (χ4v) is 5.09. The molecule has 1 aliphatic carbocycles. The van der Waals surface area contributed by atoms with E-state index < -0.39 is 12.7 Å². The maximum Gasteiger partial charge on any atom is 0.493 e. The molecule has 2 spiro atoms. The van der Waals surface area contributed by atoms with E-state index in [1.807, 2.05) is 18.3 Å². The molecule has 2 aliphatic heterocycles. The van der Waals surface area contributed by atoms with Crippen molar-refractivity contribution in [3.8, 4) is 6.07 Å². The summed E-state index contributed by atoms with van der Waals surface area (Å²) >= 11 is 0. The summed E-state index contributed by atoms with van der Waals surface area (Å²) < 4.78 is 6.01. The molecule has 25 heavy (non-hydrogen) atoms. The fraction of sp³-hybridized carbons (Fsp3) is 0.471. The number of nitrogens with zero attached hydrogens (tertiary/aromatic N) is 3. The topological polar surface area (TPSA) is 102 Å². The molecule has 0 atom stereocenters. The minimum Gasteiger partial charge on any atom is -0.423 e. The van der Waals surface area contributed by atoms with Crippen LogP contribution in [0.25, 0.3) is 11.0 Å². The third-order valence-corrected chi connectivity index (χ3v) is 6.02. The zero-order chi connectivity index (χ0) is 17.2. The van der Waals surface area contributed by atoms with Crippen molar-refractivity contribution in [2.75, 3.05) is 13.1 Å². The molecule has 0 aromatic carbocycles. The summed E-state index contributed by atoms with van der Waals surface area (Å²) in [5.41, 5.74) is 2.12. The molecule has 1 amide bonds. The first-order chi connectivity index (χ1) is 12.1. The fourth-order valence-electron chi connectivity index (χ4n) is 5.09. The maximum absolute atomic E-state index is 12.0. The van der Waals surface area contributed by atoms with Crippen LogP contribution in [-0.2, 0) is 15.0 Å². The van der Waals surface area contributed by atoms with Crippen molar-refractivity contribution in [3.05, 3.63) is 24.0 Å². The van der Waals surface area contributed by atoms with Crippen LogP contribution in [0.2, 0.25) is 0 Å². The molecule has 126 valence electrons. The number of pyridine rings is 1. The van der Waals surface area contributed by atoms with Crippen LogP contribution in [0.15, 0.2) is 18.5 Å². The number of nitriles is 1. The number of amides is 1. The van der Waals surface area contributed by atoms with E-state index in [1.165, 1.54) is 0 Å². The Balaban J connectivity index is 1.45. The molecule has 0 radical (unpaired) electrons. The van der Waals surface area contributed by atoms with Gasteiger partial charge >= 0.3 is 7.12 Å². The molecule has 2 N–H and O–H groups in total. The van der Waals surface area contributed by atoms with Gasteiger partial charge in [0.15, 0.2) is 0 Å². The Kier molecular flexibility index (Phi) is 2.89. The molecule has 2 aromatic rings. The van der Waals surface area contributed by atoms with Gasteiger partial charge in [-0.25, -0.2) is 4.98 Å². The molecule has 5 rings (SSSR count). The van der Waals surface area contributed by atoms with E-state index in [0.29, 0.717) is 13.1 Å². The highest BCUT2D eigenvalue weighted by Crippen LogP contribution is 2.62. The highest BCUT2D eigenvalue weighted by atomic mass is 16.5. The van der Waals surface area contributed by atoms with Gasteiger partial charge < -0.3 is 19.6 Å². The van der Waals surface area contributed by atoms with E-state index in [2.05, 4.69) is 9.97 Å². The number of aromatic amines is 1. The average molecular weight is 336 g/mol. The van der Waals surface area contributed by atoms with Crippen molar-refractivity contribution in [3.63, 3.8) is 0 Å². The second kappa shape index (κ2) is 4.84. The lowest BCUT2D eigenvalue weighted by atomic mass is 9.56. The summed E-state index contributed by atoms with van der Waals surface area (Å²) in [4.78, 5) is 21.3. The van der Waals surface area contributed by atoms with E-state index in [1.54, 1.807) is 11.1 Å². The molecule has 3 aliphatic rings. The van der Waals surface area contributed by atoms with Crippen LogP contribution < -0.4 is 5.46 Å². The predicted molar refractivity (Wildman–Crippen MR) is 89.6 cm³/mol. The van der Waals surface area contributed by atoms with E-state index in [9.17, 15) is 9.82 Å². The van der Waals surface area contributed by atoms with Crippen molar-refractivity contribution in [2.45, 2.75) is 31.3 Å². The van der Waals surface area contributed by atoms with Crippen molar-refractivity contribution in [1.82, 2.24) is 14.9 Å². The second-order valence-electron chi connectivity index (χ2n) is 7.55. The molecule has 0 unspecified atom stereocenters. The quantitative estimate of drug-likeness (QED) is 0.734. The van der Waals surface area contributed by atoms with E-state index >= 15 is 0 Å². The lowest BCUT2D eigenvalue weighted by Crippen LogP contribution is -2.52. The van der Waals surface area contributed by atoms with Crippen molar-refractivity contribution >= 4 is 29.5 Å². The Hall–Kier alpha value is -2.37. The summed E-state index contributed by atoms with van der Waals surface area (Å²) in [5, 5.41) is 20.1. The minimum atomic E-state index is -0.947. The van der Waals surface area contributed by atoms with Crippen LogP contribution in [0.3, 0.4) is 0 Å². The van der Waals surface area contributed by atoms with Gasteiger partial charge in [-0.05, 0) is 36.3 Å². The monoisotopic (exact) mass is 336 g/mol. The SMILES string of the molecule is N#CCC(=O)N1CCC2(C1)CC1(C2)OB(O)c2cnc3[nH]ccc3c21. The molecular weight excluding hydrogens is 319 g/mol. The summed E-state index contributed by atoms with van der Waals surface area (Å²) in [5.74, 6) is -0.0923. The van der Waals surface area contributed by atoms with Crippen molar-refractivity contribution in [1.29, 1.82) is 5.26 Å². The number of hydrogen-bond donors (Lipinski definition) is 2. The lowest BCUT2D eigenvalue weighted by molar-refractivity contribution is -0.134. The second-order valence-corrected chi connectivity index (χ2v) is 7.55. The standard InChI is InChI=1S/C17H17BN4O3/c19-4-1-13(23)22-6-3-16(10-22)8-17(9-16)14-11-2-5-20-15(11)21-7-12(14)18(24)25-17/h2,5,7,24H,1,3,6,8-10H2,(H,20,21). The number of carbonyl (C=O) groups is 1. The lowest BCUT2D eigenvalue weighted by Gasteiger charge is -2.53. The first kappa shape index (κ1) is 14.9. The van der Waals surface area contributed by atoms with Crippen molar-refractivity contribution < 1.29 is 14.5 Å². The Morgan fingerprint density at radius 2 is 2.40 bits per heavy atom. The third-order valence-electron chi connectivity index (χ3n) is 6.02. The number of H-pyrrole nitrogens is 1. The van der Waals surface area contributed by atoms with Gasteiger partial charge in [-0.2, -0.15) is 5.26 Å². The summed E-state index contributed by atoms with van der Waals surface area (Å²) in [6.07, 6.45) is 5.96. The zero-order valence-corrected chi connectivity index (χ0v) is 13.7. The number of rotatable bonds is 1. The highest BCUT2D eigenvalue weighted by molar-refractivity contribution is 6.62. The summed E-state index contributed by atoms with van der Waals surface area (Å²) in [6, 6.07) is 3.91. The first-order valence-corrected chi connectivity index (χ1v) is 8.53. The van der Waals surface area contributed by atoms with Gasteiger partial charge in [-0.15, -0.1) is 0 Å². The van der Waals surface area contributed by atoms with Crippen LogP contribution in [0.5, 0.6) is 0 Å². The molecule has 1 saturated heterocycles. The average Bonchev–Trinajstić information content (AvgIpc) is 3.25. The molecule has 4 heterocycles. The summed E-state index contributed by atoms with van der Waals surface area (Å²) in [7, 11) is -0.947. The number of carbonyl (C=O) groups excluding carboxylic acids is 1. The Morgan fingerprint density at radius 3 is 3.20 bits per heavy atom. The van der Waals surface area contributed by atoms with E-state index in [4.69, 9.17) is 9.92 Å². The molecule has 2 aromatic heterocycles. The zero-order valence-electron chi connectivity index (χ0n) is 13.7. The van der Waals surface area contributed by atoms with Gasteiger partial charge in [0, 0.05) is 36.3 Å². The first-order valence-electron chi connectivity index (χ1n) is 8.53. The molecular formula is C17H17BN4O3. The van der Waals surface area contributed by atoms with Crippen LogP contribution in [0.1, 0.15) is 31.2 Å². The normalized spacial score (nSPS) is 30.1. The largest absolute Gasteiger partial charge is 0.493 e. The number of nitrogens with one attached hydrogen (secondary N) is 1. The Bertz CT molecular complexity index is 928. The van der Waals surface area contributed by atoms with Gasteiger partial charge in [0.1, 0.15) is 12.1 Å². The maximum atomic E-state index is 12.0. The number of fused-ring (bicyclic) bond motifs is 4. The smallest absolute Gasteiger partial charge is 0.423 e. The highest BCUT2D eigenvalue weighted by Gasteiger charge is 2.63. The van der Waals surface area contributed by atoms with Crippen LogP contribution >= 0.6 is 0 Å². The van der Waals surface area contributed by atoms with Gasteiger partial charge in [-0.3, -0.25) is 4.79 Å². The van der Waals surface area contributed by atoms with Gasteiger partial charge in [0.25, 0.3) is 0 Å². The van der Waals surface area contributed by atoms with Gasteiger partial charge in [-0.1, -0.05) is 0 Å². The molecule has 1 saturated carbocycles. The van der Waals surface area contributed by atoms with Crippen LogP contribution in [0, 0.1) is 16.7 Å². The number of hydrogen-bond acceptors (Lipinski definition) is 5. The van der Waals surface area contributed by atoms with Crippen LogP contribution in [-0.4, -0.2) is 46.0 Å². The minimum absolute atomic E-state index is 0.0261. The molecule has 8 heteroatoms. The van der Waals surface area contributed by atoms with Gasteiger partial charge in [0.2, 0.25) is 5.91 Å². The number of likely N-dealkylation sites (tertiary alicyclic amines) is 1. The van der Waals surface area contributed by atoms with E-state index in [-0.39, 0.29) is 17.7 Å². The molecule has 0 bridgehead atoms. The number of aromatic nitrogens is 2. The van der Waals surface area contributed by atoms with E-state index in [0.717, 1.165) is 41.3 Å². The molecule has 7 nitrogen and oxygen atoms in total. The van der Waals surface area contributed by atoms with Gasteiger partial charge in [0.05, 0.1) is 11.7 Å². The van der Waals surface area contributed by atoms with Crippen molar-refractivity contribution in [2.24, 2.45) is 5.41 Å². The Morgan fingerprint density at radius 1 is 1.56 bits per heavy atom. The third kappa shape index (κ3) is 1.94. The van der Waals surface area contributed by atoms with Crippen LogP contribution in [0.4, 0.5) is 0 Å². The summed E-state index contributed by atoms with van der Waals surface area (Å²) in [6.45, 7) is 1.37. The predicted octanol–water partition coefficient (Wildman–Crippen LogP) is 0.402. The Labute approximate surface area is 144 Å². The molecule has 2 fully saturated rings.